The molecule has 1 saturated carbocycles. The molecule has 0 spiro atoms. The summed E-state index contributed by atoms with van der Waals surface area (Å²) < 4.78 is 41.0. The molecule has 4 heteroatoms. The van der Waals surface area contributed by atoms with Gasteiger partial charge in [0.25, 0.3) is 0 Å². The van der Waals surface area contributed by atoms with E-state index in [-0.39, 0.29) is 5.75 Å². The summed E-state index contributed by atoms with van der Waals surface area (Å²) in [5.74, 6) is 2.24. The van der Waals surface area contributed by atoms with Gasteiger partial charge >= 0.3 is 6.36 Å². The molecule has 4 rings (SSSR count). The van der Waals surface area contributed by atoms with Crippen molar-refractivity contribution < 1.29 is 17.9 Å². The number of fused-ring (bicyclic) bond motifs is 3. The molecule has 0 aromatic heterocycles. The predicted octanol–water partition coefficient (Wildman–Crippen LogP) is 7.50. The lowest BCUT2D eigenvalue weighted by Crippen LogP contribution is -2.28. The molecule has 2 aliphatic carbocycles. The van der Waals surface area contributed by atoms with Gasteiger partial charge in [-0.15, -0.1) is 13.2 Å². The van der Waals surface area contributed by atoms with Crippen LogP contribution in [0, 0.1) is 11.8 Å². The zero-order valence-electron chi connectivity index (χ0n) is 16.3. The quantitative estimate of drug-likeness (QED) is 0.527. The van der Waals surface area contributed by atoms with Crippen molar-refractivity contribution in [2.24, 2.45) is 11.8 Å². The van der Waals surface area contributed by atoms with Crippen molar-refractivity contribution in [3.8, 4) is 16.9 Å². The van der Waals surface area contributed by atoms with Crippen LogP contribution in [0.5, 0.6) is 5.75 Å². The minimum atomic E-state index is -4.65. The second-order valence-electron chi connectivity index (χ2n) is 8.36. The third-order valence-corrected chi connectivity index (χ3v) is 6.54. The molecule has 3 atom stereocenters. The van der Waals surface area contributed by atoms with Crippen LogP contribution in [0.2, 0.25) is 0 Å². The number of benzene rings is 2. The van der Waals surface area contributed by atoms with Gasteiger partial charge < -0.3 is 4.74 Å². The number of halogens is 3. The molecule has 1 fully saturated rings. The van der Waals surface area contributed by atoms with Gasteiger partial charge in [0.15, 0.2) is 0 Å². The summed E-state index contributed by atoms with van der Waals surface area (Å²) >= 11 is 0. The molecule has 0 aliphatic heterocycles. The first-order valence-corrected chi connectivity index (χ1v) is 10.4. The summed E-state index contributed by atoms with van der Waals surface area (Å²) in [4.78, 5) is 0. The van der Waals surface area contributed by atoms with Crippen molar-refractivity contribution in [2.75, 3.05) is 0 Å². The van der Waals surface area contributed by atoms with Crippen LogP contribution in [-0.4, -0.2) is 6.36 Å². The zero-order chi connectivity index (χ0) is 19.7. The summed E-state index contributed by atoms with van der Waals surface area (Å²) in [5.41, 5.74) is 4.91. The Balaban J connectivity index is 1.51. The Hall–Kier alpha value is -1.97. The highest BCUT2D eigenvalue weighted by Crippen LogP contribution is 2.48. The highest BCUT2D eigenvalue weighted by Gasteiger charge is 2.35. The van der Waals surface area contributed by atoms with Crippen LogP contribution in [0.1, 0.15) is 62.5 Å². The van der Waals surface area contributed by atoms with E-state index < -0.39 is 6.36 Å². The molecule has 28 heavy (non-hydrogen) atoms. The van der Waals surface area contributed by atoms with Crippen molar-refractivity contribution in [1.29, 1.82) is 0 Å². The molecule has 150 valence electrons. The summed E-state index contributed by atoms with van der Waals surface area (Å²) in [7, 11) is 0. The number of ether oxygens (including phenoxy) is 1. The number of alkyl halides is 3. The van der Waals surface area contributed by atoms with Crippen LogP contribution in [0.25, 0.3) is 11.1 Å². The fourth-order valence-electron chi connectivity index (χ4n) is 5.31. The summed E-state index contributed by atoms with van der Waals surface area (Å²) in [6, 6.07) is 12.8. The smallest absolute Gasteiger partial charge is 0.406 e. The van der Waals surface area contributed by atoms with Crippen LogP contribution in [0.4, 0.5) is 13.2 Å². The van der Waals surface area contributed by atoms with Gasteiger partial charge in [-0.1, -0.05) is 50.1 Å². The summed E-state index contributed by atoms with van der Waals surface area (Å²) in [6.07, 6.45) is 4.39. The Morgan fingerprint density at radius 2 is 1.71 bits per heavy atom. The van der Waals surface area contributed by atoms with E-state index in [0.29, 0.717) is 5.92 Å². The molecule has 2 aliphatic rings. The maximum Gasteiger partial charge on any atom is 0.573 e. The Morgan fingerprint density at radius 3 is 2.43 bits per heavy atom. The fourth-order valence-corrected chi connectivity index (χ4v) is 5.31. The molecule has 0 saturated heterocycles. The molecule has 0 bridgehead atoms. The normalized spacial score (nSPS) is 24.4. The van der Waals surface area contributed by atoms with Gasteiger partial charge in [-0.25, -0.2) is 0 Å². The largest absolute Gasteiger partial charge is 0.573 e. The van der Waals surface area contributed by atoms with Crippen molar-refractivity contribution in [3.05, 3.63) is 53.6 Å². The lowest BCUT2D eigenvalue weighted by Gasteiger charge is -2.40. The van der Waals surface area contributed by atoms with E-state index in [0.717, 1.165) is 29.4 Å². The van der Waals surface area contributed by atoms with Crippen molar-refractivity contribution in [3.63, 3.8) is 0 Å². The maximum absolute atomic E-state index is 12.3. The second-order valence-corrected chi connectivity index (χ2v) is 8.36. The summed E-state index contributed by atoms with van der Waals surface area (Å²) in [6.45, 7) is 2.28. The first-order chi connectivity index (χ1) is 13.4. The average Bonchev–Trinajstić information content (AvgIpc) is 2.67. The molecule has 0 N–H and O–H groups in total. The van der Waals surface area contributed by atoms with Gasteiger partial charge in [-0.05, 0) is 84.2 Å². The molecule has 2 aromatic rings. The van der Waals surface area contributed by atoms with Gasteiger partial charge in [0.2, 0.25) is 0 Å². The second kappa shape index (κ2) is 7.81. The number of hydrogen-bond acceptors (Lipinski definition) is 1. The molecular formula is C24H27F3O. The minimum absolute atomic E-state index is 0.180. The van der Waals surface area contributed by atoms with Gasteiger partial charge in [-0.3, -0.25) is 0 Å². The Kier molecular flexibility index (Phi) is 5.39. The Morgan fingerprint density at radius 1 is 0.964 bits per heavy atom. The molecule has 2 aromatic carbocycles. The van der Waals surface area contributed by atoms with E-state index in [1.54, 1.807) is 12.1 Å². The van der Waals surface area contributed by atoms with Crippen molar-refractivity contribution in [1.82, 2.24) is 0 Å². The number of hydrogen-bond donors (Lipinski definition) is 0. The van der Waals surface area contributed by atoms with Crippen molar-refractivity contribution in [2.45, 2.75) is 64.1 Å². The van der Waals surface area contributed by atoms with Crippen LogP contribution in [0.15, 0.2) is 42.5 Å². The van der Waals surface area contributed by atoms with Crippen LogP contribution < -0.4 is 4.74 Å². The van der Waals surface area contributed by atoms with Crippen molar-refractivity contribution >= 4 is 0 Å². The predicted molar refractivity (Wildman–Crippen MR) is 105 cm³/mol. The van der Waals surface area contributed by atoms with Gasteiger partial charge in [0, 0.05) is 0 Å². The van der Waals surface area contributed by atoms with E-state index in [1.165, 1.54) is 61.8 Å². The number of rotatable bonds is 4. The zero-order valence-corrected chi connectivity index (χ0v) is 16.3. The Bertz CT molecular complexity index is 810. The van der Waals surface area contributed by atoms with Gasteiger partial charge in [-0.2, -0.15) is 0 Å². The fraction of sp³-hybridized carbons (Fsp3) is 0.500. The molecule has 0 heterocycles. The topological polar surface area (TPSA) is 9.23 Å². The van der Waals surface area contributed by atoms with E-state index in [1.807, 2.05) is 0 Å². The molecular weight excluding hydrogens is 361 g/mol. The molecule has 0 radical (unpaired) electrons. The molecule has 0 amide bonds. The SMILES string of the molecule is CCCC1CCC2c3ccc(-c4ccc(OC(F)(F)F)cc4)cc3CCC2C1. The third-order valence-electron chi connectivity index (χ3n) is 6.54. The monoisotopic (exact) mass is 388 g/mol. The first-order valence-electron chi connectivity index (χ1n) is 10.4. The van der Waals surface area contributed by atoms with E-state index in [9.17, 15) is 13.2 Å². The van der Waals surface area contributed by atoms with E-state index in [4.69, 9.17) is 0 Å². The first kappa shape index (κ1) is 19.4. The highest BCUT2D eigenvalue weighted by molar-refractivity contribution is 5.66. The van der Waals surface area contributed by atoms with E-state index >= 15 is 0 Å². The highest BCUT2D eigenvalue weighted by atomic mass is 19.4. The average molecular weight is 388 g/mol. The lowest BCUT2D eigenvalue weighted by molar-refractivity contribution is -0.274. The lowest BCUT2D eigenvalue weighted by atomic mass is 9.64. The van der Waals surface area contributed by atoms with E-state index in [2.05, 4.69) is 29.9 Å². The molecule has 1 nitrogen and oxygen atoms in total. The summed E-state index contributed by atoms with van der Waals surface area (Å²) in [5, 5.41) is 0. The van der Waals surface area contributed by atoms with Gasteiger partial charge in [0.05, 0.1) is 0 Å². The standard InChI is InChI=1S/C24H27F3O/c1-2-3-16-4-12-22-19(14-16)5-6-20-15-18(9-13-23(20)22)17-7-10-21(11-8-17)28-24(25,26)27/h7-11,13,15-16,19,22H,2-6,12,14H2,1H3. The van der Waals surface area contributed by atoms with Gasteiger partial charge in [0.1, 0.15) is 5.75 Å². The van der Waals surface area contributed by atoms with Crippen LogP contribution in [0.3, 0.4) is 0 Å². The van der Waals surface area contributed by atoms with Crippen LogP contribution >= 0.6 is 0 Å². The Labute approximate surface area is 164 Å². The minimum Gasteiger partial charge on any atom is -0.406 e. The van der Waals surface area contributed by atoms with Crippen LogP contribution in [-0.2, 0) is 6.42 Å². The third kappa shape index (κ3) is 4.21. The maximum atomic E-state index is 12.3. The number of aryl methyl sites for hydroxylation is 1. The molecule has 3 unspecified atom stereocenters.